The second-order valence-electron chi connectivity index (χ2n) is 5.91. The van der Waals surface area contributed by atoms with Crippen LogP contribution in [-0.2, 0) is 11.2 Å². The molecule has 0 atom stereocenters. The number of thiazole rings is 1. The zero-order chi connectivity index (χ0) is 17.9. The highest BCUT2D eigenvalue weighted by molar-refractivity contribution is 7.14. The molecule has 1 heterocycles. The number of anilines is 1. The maximum Gasteiger partial charge on any atom is 0.230 e. The fourth-order valence-corrected chi connectivity index (χ4v) is 3.73. The van der Waals surface area contributed by atoms with E-state index in [1.165, 1.54) is 11.3 Å². The monoisotopic (exact) mass is 378 g/mol. The molecule has 26 heavy (non-hydrogen) atoms. The van der Waals surface area contributed by atoms with Gasteiger partial charge in [0.25, 0.3) is 0 Å². The van der Waals surface area contributed by atoms with Crippen molar-refractivity contribution in [3.05, 3.63) is 82.7 Å². The molecule has 1 N–H and O–H groups in total. The summed E-state index contributed by atoms with van der Waals surface area (Å²) < 4.78 is 0. The minimum absolute atomic E-state index is 0.0710. The SMILES string of the molecule is O=C(Cc1cccc2ccccc12)Nc1nc(-c2ccc(Cl)cc2)cs1. The van der Waals surface area contributed by atoms with Crippen molar-refractivity contribution in [1.29, 1.82) is 0 Å². The summed E-state index contributed by atoms with van der Waals surface area (Å²) in [5.41, 5.74) is 2.81. The first-order chi connectivity index (χ1) is 12.7. The molecule has 0 unspecified atom stereocenters. The van der Waals surface area contributed by atoms with E-state index in [2.05, 4.69) is 22.4 Å². The highest BCUT2D eigenvalue weighted by Crippen LogP contribution is 2.26. The van der Waals surface area contributed by atoms with Crippen molar-refractivity contribution in [2.24, 2.45) is 0 Å². The minimum atomic E-state index is -0.0710. The molecule has 4 rings (SSSR count). The van der Waals surface area contributed by atoms with Crippen molar-refractivity contribution in [3.63, 3.8) is 0 Å². The number of amides is 1. The summed E-state index contributed by atoms with van der Waals surface area (Å²) in [4.78, 5) is 17.0. The molecule has 5 heteroatoms. The number of nitrogens with one attached hydrogen (secondary N) is 1. The molecule has 0 aliphatic carbocycles. The van der Waals surface area contributed by atoms with Crippen molar-refractivity contribution < 1.29 is 4.79 Å². The van der Waals surface area contributed by atoms with E-state index in [0.29, 0.717) is 16.6 Å². The Morgan fingerprint density at radius 1 is 1.00 bits per heavy atom. The van der Waals surface area contributed by atoms with Gasteiger partial charge in [0.1, 0.15) is 0 Å². The minimum Gasteiger partial charge on any atom is -0.302 e. The zero-order valence-electron chi connectivity index (χ0n) is 13.8. The Morgan fingerprint density at radius 2 is 1.77 bits per heavy atom. The van der Waals surface area contributed by atoms with E-state index < -0.39 is 0 Å². The fraction of sp³-hybridized carbons (Fsp3) is 0.0476. The summed E-state index contributed by atoms with van der Waals surface area (Å²) in [6, 6.07) is 21.6. The summed E-state index contributed by atoms with van der Waals surface area (Å²) in [5, 5.41) is 8.35. The smallest absolute Gasteiger partial charge is 0.230 e. The van der Waals surface area contributed by atoms with Crippen LogP contribution in [0, 0.1) is 0 Å². The maximum absolute atomic E-state index is 12.5. The van der Waals surface area contributed by atoms with Crippen LogP contribution in [0.2, 0.25) is 5.02 Å². The van der Waals surface area contributed by atoms with E-state index >= 15 is 0 Å². The van der Waals surface area contributed by atoms with Crippen LogP contribution in [0.5, 0.6) is 0 Å². The Labute approximate surface area is 160 Å². The number of nitrogens with zero attached hydrogens (tertiary/aromatic N) is 1. The van der Waals surface area contributed by atoms with Crippen LogP contribution in [0.3, 0.4) is 0 Å². The van der Waals surface area contributed by atoms with Crippen molar-refractivity contribution in [2.75, 3.05) is 5.32 Å². The van der Waals surface area contributed by atoms with Crippen molar-refractivity contribution in [2.45, 2.75) is 6.42 Å². The molecule has 1 amide bonds. The average Bonchev–Trinajstić information content (AvgIpc) is 3.11. The number of fused-ring (bicyclic) bond motifs is 1. The van der Waals surface area contributed by atoms with Crippen LogP contribution in [-0.4, -0.2) is 10.9 Å². The molecule has 3 nitrogen and oxygen atoms in total. The first-order valence-corrected chi connectivity index (χ1v) is 9.43. The number of carbonyl (C=O) groups is 1. The van der Waals surface area contributed by atoms with Crippen molar-refractivity contribution in [1.82, 2.24) is 4.98 Å². The van der Waals surface area contributed by atoms with Gasteiger partial charge < -0.3 is 5.32 Å². The largest absolute Gasteiger partial charge is 0.302 e. The molecular formula is C21H15ClN2OS. The van der Waals surface area contributed by atoms with Gasteiger partial charge in [-0.1, -0.05) is 66.2 Å². The number of benzene rings is 3. The van der Waals surface area contributed by atoms with E-state index in [1.54, 1.807) is 0 Å². The van der Waals surface area contributed by atoms with Crippen LogP contribution in [0.1, 0.15) is 5.56 Å². The lowest BCUT2D eigenvalue weighted by molar-refractivity contribution is -0.115. The van der Waals surface area contributed by atoms with E-state index in [1.807, 2.05) is 60.0 Å². The Kier molecular flexibility index (Phi) is 4.69. The first-order valence-electron chi connectivity index (χ1n) is 8.17. The first kappa shape index (κ1) is 16.8. The number of hydrogen-bond donors (Lipinski definition) is 1. The molecule has 4 aromatic rings. The van der Waals surface area contributed by atoms with Gasteiger partial charge in [-0.2, -0.15) is 0 Å². The van der Waals surface area contributed by atoms with Gasteiger partial charge in [-0.3, -0.25) is 4.79 Å². The van der Waals surface area contributed by atoms with Gasteiger partial charge in [0, 0.05) is 16.0 Å². The summed E-state index contributed by atoms with van der Waals surface area (Å²) in [7, 11) is 0. The molecule has 0 saturated carbocycles. The van der Waals surface area contributed by atoms with E-state index in [0.717, 1.165) is 27.6 Å². The molecule has 0 bridgehead atoms. The zero-order valence-corrected chi connectivity index (χ0v) is 15.3. The third-order valence-corrected chi connectivity index (χ3v) is 5.13. The predicted molar refractivity (Wildman–Crippen MR) is 109 cm³/mol. The van der Waals surface area contributed by atoms with Gasteiger partial charge in [0.2, 0.25) is 5.91 Å². The quantitative estimate of drug-likeness (QED) is 0.487. The summed E-state index contributed by atoms with van der Waals surface area (Å²) in [6.45, 7) is 0. The van der Waals surface area contributed by atoms with Crippen LogP contribution < -0.4 is 5.32 Å². The van der Waals surface area contributed by atoms with Gasteiger partial charge in [-0.15, -0.1) is 11.3 Å². The van der Waals surface area contributed by atoms with Crippen molar-refractivity contribution >= 4 is 44.7 Å². The topological polar surface area (TPSA) is 42.0 Å². The van der Waals surface area contributed by atoms with Gasteiger partial charge >= 0.3 is 0 Å². The Morgan fingerprint density at radius 3 is 2.62 bits per heavy atom. The Balaban J connectivity index is 1.49. The molecule has 0 aliphatic heterocycles. The van der Waals surface area contributed by atoms with Gasteiger partial charge in [-0.25, -0.2) is 4.98 Å². The van der Waals surface area contributed by atoms with E-state index in [-0.39, 0.29) is 5.91 Å². The third-order valence-electron chi connectivity index (χ3n) is 4.12. The Bertz CT molecular complexity index is 1070. The molecule has 1 aromatic heterocycles. The second-order valence-corrected chi connectivity index (χ2v) is 7.20. The van der Waals surface area contributed by atoms with Gasteiger partial charge in [0.15, 0.2) is 5.13 Å². The third kappa shape index (κ3) is 3.62. The number of halogens is 1. The molecular weight excluding hydrogens is 364 g/mol. The highest BCUT2D eigenvalue weighted by Gasteiger charge is 2.10. The number of hydrogen-bond acceptors (Lipinski definition) is 3. The molecule has 0 fully saturated rings. The Hall–Kier alpha value is -2.69. The van der Waals surface area contributed by atoms with Gasteiger partial charge in [-0.05, 0) is 28.5 Å². The lowest BCUT2D eigenvalue weighted by atomic mass is 10.0. The molecule has 3 aromatic carbocycles. The number of carbonyl (C=O) groups excluding carboxylic acids is 1. The lowest BCUT2D eigenvalue weighted by Crippen LogP contribution is -2.14. The molecule has 0 spiro atoms. The van der Waals surface area contributed by atoms with Crippen molar-refractivity contribution in [3.8, 4) is 11.3 Å². The van der Waals surface area contributed by atoms with Crippen LogP contribution in [0.25, 0.3) is 22.0 Å². The average molecular weight is 379 g/mol. The molecule has 0 aliphatic rings. The number of rotatable bonds is 4. The fourth-order valence-electron chi connectivity index (χ4n) is 2.87. The number of aromatic nitrogens is 1. The van der Waals surface area contributed by atoms with E-state index in [9.17, 15) is 4.79 Å². The van der Waals surface area contributed by atoms with Crippen LogP contribution in [0.15, 0.2) is 72.1 Å². The maximum atomic E-state index is 12.5. The lowest BCUT2D eigenvalue weighted by Gasteiger charge is -2.06. The molecule has 0 radical (unpaired) electrons. The summed E-state index contributed by atoms with van der Waals surface area (Å²) in [5.74, 6) is -0.0710. The highest BCUT2D eigenvalue weighted by atomic mass is 35.5. The van der Waals surface area contributed by atoms with Gasteiger partial charge in [0.05, 0.1) is 12.1 Å². The summed E-state index contributed by atoms with van der Waals surface area (Å²) in [6.07, 6.45) is 0.317. The predicted octanol–water partition coefficient (Wildman–Crippen LogP) is 5.80. The summed E-state index contributed by atoms with van der Waals surface area (Å²) >= 11 is 7.33. The normalized spacial score (nSPS) is 10.8. The molecule has 0 saturated heterocycles. The van der Waals surface area contributed by atoms with E-state index in [4.69, 9.17) is 11.6 Å². The molecule has 128 valence electrons. The second kappa shape index (κ2) is 7.28. The van der Waals surface area contributed by atoms with Crippen LogP contribution in [0.4, 0.5) is 5.13 Å². The van der Waals surface area contributed by atoms with Crippen LogP contribution >= 0.6 is 22.9 Å². The standard InChI is InChI=1S/C21H15ClN2OS/c22-17-10-8-15(9-11-17)19-13-26-21(23-19)24-20(25)12-16-6-3-5-14-4-1-2-7-18(14)16/h1-11,13H,12H2,(H,23,24,25).